The Labute approximate surface area is 141 Å². The van der Waals surface area contributed by atoms with Gasteiger partial charge in [-0.2, -0.15) is 0 Å². The van der Waals surface area contributed by atoms with Crippen molar-refractivity contribution in [1.82, 2.24) is 0 Å². The Hall–Kier alpha value is 0.940. The minimum absolute atomic E-state index is 0. The van der Waals surface area contributed by atoms with E-state index in [1.165, 1.54) is 0 Å². The second-order valence-electron chi connectivity index (χ2n) is 3.41. The first-order chi connectivity index (χ1) is 6.63. The Kier molecular flexibility index (Phi) is 22.1. The van der Waals surface area contributed by atoms with Crippen molar-refractivity contribution >= 4 is 71.1 Å². The van der Waals surface area contributed by atoms with Crippen LogP contribution in [0.1, 0.15) is 51.4 Å². The average molecular weight is 248 g/mol. The van der Waals surface area contributed by atoms with Gasteiger partial charge in [0.05, 0.1) is 0 Å². The molecular formula is C10H18Na2O4. The molecule has 0 rings (SSSR count). The van der Waals surface area contributed by atoms with Gasteiger partial charge in [-0.3, -0.25) is 9.59 Å². The van der Waals surface area contributed by atoms with Crippen LogP contribution in [0, 0.1) is 0 Å². The van der Waals surface area contributed by atoms with Crippen LogP contribution in [0.15, 0.2) is 0 Å². The Morgan fingerprint density at radius 3 is 1.12 bits per heavy atom. The van der Waals surface area contributed by atoms with Gasteiger partial charge in [-0.05, 0) is 12.8 Å². The summed E-state index contributed by atoms with van der Waals surface area (Å²) in [7, 11) is 0. The Morgan fingerprint density at radius 2 is 0.875 bits per heavy atom. The fraction of sp³-hybridized carbons (Fsp3) is 0.800. The van der Waals surface area contributed by atoms with Crippen LogP contribution in [0.25, 0.3) is 0 Å². The van der Waals surface area contributed by atoms with Crippen molar-refractivity contribution in [3.63, 3.8) is 0 Å². The van der Waals surface area contributed by atoms with E-state index in [4.69, 9.17) is 10.2 Å². The molecule has 0 heterocycles. The topological polar surface area (TPSA) is 74.6 Å². The zero-order valence-corrected chi connectivity index (χ0v) is 14.4. The average Bonchev–Trinajstić information content (AvgIpc) is 2.08. The summed E-state index contributed by atoms with van der Waals surface area (Å²) >= 11 is 0. The normalized spacial score (nSPS) is 8.75. The van der Waals surface area contributed by atoms with Gasteiger partial charge in [0.25, 0.3) is 0 Å². The summed E-state index contributed by atoms with van der Waals surface area (Å²) in [6, 6.07) is 0. The molecule has 0 atom stereocenters. The molecule has 0 saturated carbocycles. The molecule has 16 heavy (non-hydrogen) atoms. The number of carboxylic acids is 2. The van der Waals surface area contributed by atoms with Gasteiger partial charge in [0.2, 0.25) is 0 Å². The van der Waals surface area contributed by atoms with Gasteiger partial charge >= 0.3 is 11.9 Å². The molecule has 6 heteroatoms. The molecule has 2 N–H and O–H groups in total. The van der Waals surface area contributed by atoms with E-state index in [9.17, 15) is 9.59 Å². The van der Waals surface area contributed by atoms with Gasteiger partial charge in [-0.25, -0.2) is 0 Å². The number of hydrogen-bond acceptors (Lipinski definition) is 2. The Bertz CT molecular complexity index is 166. The standard InChI is InChI=1S/C10H18O4.2Na/c11-9(12)7-5-3-1-2-4-6-8-10(13)14;;/h1-8H2,(H,11,12)(H,13,14);;. The van der Waals surface area contributed by atoms with Gasteiger partial charge in [0.1, 0.15) is 0 Å². The van der Waals surface area contributed by atoms with Gasteiger partial charge in [0.15, 0.2) is 0 Å². The maximum Gasteiger partial charge on any atom is 0.303 e. The second kappa shape index (κ2) is 15.9. The van der Waals surface area contributed by atoms with Gasteiger partial charge < -0.3 is 10.2 Å². The number of carboxylic acid groups (broad SMARTS) is 2. The van der Waals surface area contributed by atoms with Crippen LogP contribution >= 0.6 is 0 Å². The van der Waals surface area contributed by atoms with Crippen molar-refractivity contribution in [2.24, 2.45) is 0 Å². The van der Waals surface area contributed by atoms with Crippen molar-refractivity contribution in [1.29, 1.82) is 0 Å². The summed E-state index contributed by atoms with van der Waals surface area (Å²) in [5.74, 6) is -1.48. The summed E-state index contributed by atoms with van der Waals surface area (Å²) in [5.41, 5.74) is 0. The third-order valence-corrected chi connectivity index (χ3v) is 2.03. The van der Waals surface area contributed by atoms with E-state index in [1.807, 2.05) is 0 Å². The number of hydrogen-bond donors (Lipinski definition) is 2. The first kappa shape index (κ1) is 22.1. The molecule has 0 aliphatic rings. The minimum atomic E-state index is -0.740. The van der Waals surface area contributed by atoms with Crippen molar-refractivity contribution in [3.05, 3.63) is 0 Å². The van der Waals surface area contributed by atoms with Gasteiger partial charge in [-0.15, -0.1) is 0 Å². The number of aliphatic carboxylic acids is 2. The monoisotopic (exact) mass is 248 g/mol. The predicted octanol–water partition coefficient (Wildman–Crippen LogP) is 1.51. The van der Waals surface area contributed by atoms with E-state index in [1.54, 1.807) is 0 Å². The molecule has 0 aromatic heterocycles. The summed E-state index contributed by atoms with van der Waals surface area (Å²) in [4.78, 5) is 20.3. The third kappa shape index (κ3) is 20.4. The molecule has 0 aliphatic heterocycles. The molecule has 0 unspecified atom stereocenters. The molecule has 0 amide bonds. The molecule has 0 saturated heterocycles. The SMILES string of the molecule is O=C(O)CCCCCCCCC(=O)O.[Na].[Na]. The zero-order chi connectivity index (χ0) is 10.8. The largest absolute Gasteiger partial charge is 0.481 e. The van der Waals surface area contributed by atoms with Crippen LogP contribution in [-0.4, -0.2) is 81.3 Å². The molecule has 0 aromatic carbocycles. The maximum atomic E-state index is 10.1. The molecule has 4 nitrogen and oxygen atoms in total. The summed E-state index contributed by atoms with van der Waals surface area (Å²) in [6.45, 7) is 0. The summed E-state index contributed by atoms with van der Waals surface area (Å²) in [6.07, 6.45) is 5.82. The van der Waals surface area contributed by atoms with E-state index in [-0.39, 0.29) is 72.0 Å². The Balaban J connectivity index is -0.000000845. The van der Waals surface area contributed by atoms with E-state index in [2.05, 4.69) is 0 Å². The second-order valence-corrected chi connectivity index (χ2v) is 3.41. The van der Waals surface area contributed by atoms with E-state index in [0.29, 0.717) is 0 Å². The molecule has 2 radical (unpaired) electrons. The maximum absolute atomic E-state index is 10.1. The van der Waals surface area contributed by atoms with Crippen LogP contribution in [-0.2, 0) is 9.59 Å². The van der Waals surface area contributed by atoms with Crippen LogP contribution in [0.4, 0.5) is 0 Å². The first-order valence-corrected chi connectivity index (χ1v) is 5.06. The van der Waals surface area contributed by atoms with Crippen LogP contribution in [0.3, 0.4) is 0 Å². The van der Waals surface area contributed by atoms with Crippen LogP contribution < -0.4 is 0 Å². The summed E-state index contributed by atoms with van der Waals surface area (Å²) < 4.78 is 0. The number of carbonyl (C=O) groups is 2. The molecular weight excluding hydrogens is 230 g/mol. The fourth-order valence-electron chi connectivity index (χ4n) is 1.26. The van der Waals surface area contributed by atoms with Crippen molar-refractivity contribution < 1.29 is 19.8 Å². The fourth-order valence-corrected chi connectivity index (χ4v) is 1.26. The molecule has 0 aromatic rings. The summed E-state index contributed by atoms with van der Waals surface area (Å²) in [5, 5.41) is 16.7. The van der Waals surface area contributed by atoms with Gasteiger partial charge in [0, 0.05) is 72.0 Å². The molecule has 0 fully saturated rings. The number of rotatable bonds is 9. The van der Waals surface area contributed by atoms with E-state index < -0.39 is 11.9 Å². The smallest absolute Gasteiger partial charge is 0.303 e. The molecule has 0 bridgehead atoms. The van der Waals surface area contributed by atoms with Crippen molar-refractivity contribution in [3.8, 4) is 0 Å². The third-order valence-electron chi connectivity index (χ3n) is 2.03. The zero-order valence-electron chi connectivity index (χ0n) is 10.4. The molecule has 84 valence electrons. The molecule has 0 aliphatic carbocycles. The van der Waals surface area contributed by atoms with E-state index >= 15 is 0 Å². The van der Waals surface area contributed by atoms with Crippen molar-refractivity contribution in [2.45, 2.75) is 51.4 Å². The van der Waals surface area contributed by atoms with Crippen LogP contribution in [0.2, 0.25) is 0 Å². The quantitative estimate of drug-likeness (QED) is 0.479. The minimum Gasteiger partial charge on any atom is -0.481 e. The molecule has 0 spiro atoms. The van der Waals surface area contributed by atoms with E-state index in [0.717, 1.165) is 38.5 Å². The van der Waals surface area contributed by atoms with Crippen molar-refractivity contribution in [2.75, 3.05) is 0 Å². The first-order valence-electron chi connectivity index (χ1n) is 5.06. The van der Waals surface area contributed by atoms with Crippen LogP contribution in [0.5, 0.6) is 0 Å². The predicted molar refractivity (Wildman–Crippen MR) is 63.7 cm³/mol. The van der Waals surface area contributed by atoms with Gasteiger partial charge in [-0.1, -0.05) is 25.7 Å². The number of unbranched alkanes of at least 4 members (excludes halogenated alkanes) is 5. The Morgan fingerprint density at radius 1 is 0.625 bits per heavy atom.